The second-order valence-corrected chi connectivity index (χ2v) is 24.3. The fraction of sp³-hybridized carbons (Fsp3) is 0.944. The molecule has 0 heterocycles. The maximum atomic E-state index is 10.2. The summed E-state index contributed by atoms with van der Waals surface area (Å²) in [6, 6.07) is 0. The molecule has 9 heteroatoms. The molecule has 0 rings (SSSR count). The van der Waals surface area contributed by atoms with E-state index in [-0.39, 0.29) is 46.7 Å². The van der Waals surface area contributed by atoms with Crippen LogP contribution in [-0.4, -0.2) is 23.9 Å². The minimum atomic E-state index is -0.903. The number of carbonyl (C=O) groups is 4. The Bertz CT molecular complexity index is 990. The van der Waals surface area contributed by atoms with Crippen molar-refractivity contribution in [1.29, 1.82) is 0 Å². The van der Waals surface area contributed by atoms with Crippen LogP contribution >= 0.6 is 0 Å². The third kappa shape index (κ3) is 104. The molecule has 0 aromatic heterocycles. The van der Waals surface area contributed by atoms with Crippen LogP contribution < -0.4 is 20.4 Å². The molecule has 0 saturated heterocycles. The molecule has 0 aliphatic carbocycles. The van der Waals surface area contributed by atoms with Crippen LogP contribution in [0.25, 0.3) is 0 Å². The van der Waals surface area contributed by atoms with Crippen molar-refractivity contribution in [3.05, 3.63) is 0 Å². The molecule has 482 valence electrons. The number of rotatable bonds is 64. The van der Waals surface area contributed by atoms with Crippen LogP contribution in [0.1, 0.15) is 439 Å². The van der Waals surface area contributed by atoms with Crippen LogP contribution in [0.2, 0.25) is 0 Å². The zero-order chi connectivity index (χ0) is 59.6. The van der Waals surface area contributed by atoms with Crippen LogP contribution in [0.5, 0.6) is 0 Å². The first-order valence-electron chi connectivity index (χ1n) is 35.9. The number of aliphatic carboxylic acids is 4. The molecular weight excluding hydrogens is 1090 g/mol. The molecule has 0 spiro atoms. The van der Waals surface area contributed by atoms with Crippen molar-refractivity contribution in [2.24, 2.45) is 0 Å². The van der Waals surface area contributed by atoms with E-state index < -0.39 is 23.9 Å². The summed E-state index contributed by atoms with van der Waals surface area (Å²) in [6.07, 6.45) is 79.4. The van der Waals surface area contributed by atoms with Gasteiger partial charge in [-0.05, 0) is 51.4 Å². The Morgan fingerprint density at radius 1 is 0.160 bits per heavy atom. The Hall–Kier alpha value is -1.43. The molecule has 0 fully saturated rings. The monoisotopic (exact) mass is 1230 g/mol. The van der Waals surface area contributed by atoms with Gasteiger partial charge in [0.1, 0.15) is 0 Å². The molecule has 8 nitrogen and oxygen atoms in total. The van der Waals surface area contributed by atoms with Gasteiger partial charge in [-0.25, -0.2) is 0 Å². The summed E-state index contributed by atoms with van der Waals surface area (Å²) in [5.41, 5.74) is 0. The first-order chi connectivity index (χ1) is 39.1. The minimum Gasteiger partial charge on any atom is -0.550 e. The van der Waals surface area contributed by atoms with Gasteiger partial charge in [0.2, 0.25) is 0 Å². The van der Waals surface area contributed by atoms with Gasteiger partial charge in [0, 0.05) is 23.9 Å². The zero-order valence-corrected chi connectivity index (χ0v) is 56.9. The van der Waals surface area contributed by atoms with E-state index in [1.54, 1.807) is 0 Å². The fourth-order valence-electron chi connectivity index (χ4n) is 10.6. The number of hydrogen-bond acceptors (Lipinski definition) is 8. The molecule has 0 bridgehead atoms. The SMILES string of the molecule is CCCCCCCCCCCCCCCCCC(=O)[O-].CCCCCCCCCCCCCCCCCC(=O)[O-].CCCCCCCCCCCCCCCCCC(=O)[O-].CCCCCCCCCCCCCCCCCC(=O)[O-].[Mo+4]. The van der Waals surface area contributed by atoms with E-state index >= 15 is 0 Å². The Labute approximate surface area is 520 Å². The van der Waals surface area contributed by atoms with Gasteiger partial charge in [-0.3, -0.25) is 0 Å². The quantitative estimate of drug-likeness (QED) is 0.0430. The van der Waals surface area contributed by atoms with Crippen molar-refractivity contribution in [3.63, 3.8) is 0 Å². The van der Waals surface area contributed by atoms with Crippen LogP contribution in [0.4, 0.5) is 0 Å². The summed E-state index contributed by atoms with van der Waals surface area (Å²) in [7, 11) is 0. The summed E-state index contributed by atoms with van der Waals surface area (Å²) in [6.45, 7) is 9.07. The average molecular weight is 1230 g/mol. The van der Waals surface area contributed by atoms with Crippen LogP contribution in [0.3, 0.4) is 0 Å². The van der Waals surface area contributed by atoms with Gasteiger partial charge in [0.25, 0.3) is 0 Å². The van der Waals surface area contributed by atoms with Crippen molar-refractivity contribution in [1.82, 2.24) is 0 Å². The molecule has 81 heavy (non-hydrogen) atoms. The molecule has 0 aromatic carbocycles. The summed E-state index contributed by atoms with van der Waals surface area (Å²) >= 11 is 0. The molecule has 0 N–H and O–H groups in total. The topological polar surface area (TPSA) is 161 Å². The average Bonchev–Trinajstić information content (AvgIpc) is 3.43. The molecule has 0 saturated carbocycles. The van der Waals surface area contributed by atoms with E-state index in [2.05, 4.69) is 27.7 Å². The second kappa shape index (κ2) is 85.0. The van der Waals surface area contributed by atoms with Gasteiger partial charge in [-0.1, -0.05) is 387 Å². The van der Waals surface area contributed by atoms with Gasteiger partial charge >= 0.3 is 21.1 Å². The normalized spacial score (nSPS) is 10.7. The summed E-state index contributed by atoms with van der Waals surface area (Å²) in [5, 5.41) is 40.9. The maximum Gasteiger partial charge on any atom is 4.00 e. The van der Waals surface area contributed by atoms with E-state index in [1.807, 2.05) is 0 Å². The standard InChI is InChI=1S/4C18H36O2.Mo/c4*1-2-3-4-5-6-7-8-9-10-11-12-13-14-15-16-17-18(19)20;/h4*2-17H2,1H3,(H,19,20);/q;;;;+4/p-4. The maximum absolute atomic E-state index is 10.2. The van der Waals surface area contributed by atoms with Gasteiger partial charge < -0.3 is 39.6 Å². The number of hydrogen-bond donors (Lipinski definition) is 0. The first-order valence-corrected chi connectivity index (χ1v) is 35.9. The van der Waals surface area contributed by atoms with Crippen molar-refractivity contribution in [2.75, 3.05) is 0 Å². The summed E-state index contributed by atoms with van der Waals surface area (Å²) in [4.78, 5) is 40.9. The van der Waals surface area contributed by atoms with Crippen molar-refractivity contribution in [3.8, 4) is 0 Å². The second-order valence-electron chi connectivity index (χ2n) is 24.3. The molecule has 0 atom stereocenters. The first kappa shape index (κ1) is 88.3. The minimum absolute atomic E-state index is 0. The van der Waals surface area contributed by atoms with E-state index in [9.17, 15) is 39.6 Å². The third-order valence-electron chi connectivity index (χ3n) is 15.9. The molecule has 0 aliphatic heterocycles. The Kier molecular flexibility index (Phi) is 92.7. The van der Waals surface area contributed by atoms with Crippen molar-refractivity contribution < 1.29 is 60.7 Å². The Morgan fingerprint density at radius 3 is 0.309 bits per heavy atom. The molecule has 0 amide bonds. The predicted molar refractivity (Wildman–Crippen MR) is 338 cm³/mol. The Morgan fingerprint density at radius 2 is 0.235 bits per heavy atom. The molecule has 0 unspecified atom stereocenters. The van der Waals surface area contributed by atoms with Gasteiger partial charge in [0.05, 0.1) is 0 Å². The van der Waals surface area contributed by atoms with Crippen LogP contribution in [-0.2, 0) is 40.2 Å². The van der Waals surface area contributed by atoms with Crippen molar-refractivity contribution >= 4 is 23.9 Å². The molecular formula is C72H140MoO8. The number of carbonyl (C=O) groups excluding carboxylic acids is 4. The smallest absolute Gasteiger partial charge is 0.550 e. The van der Waals surface area contributed by atoms with Crippen LogP contribution in [0.15, 0.2) is 0 Å². The molecule has 0 radical (unpaired) electrons. The third-order valence-corrected chi connectivity index (χ3v) is 15.9. The zero-order valence-electron chi connectivity index (χ0n) is 54.9. The van der Waals surface area contributed by atoms with E-state index in [0.717, 1.165) is 51.4 Å². The fourth-order valence-corrected chi connectivity index (χ4v) is 10.6. The summed E-state index contributed by atoms with van der Waals surface area (Å²) < 4.78 is 0. The van der Waals surface area contributed by atoms with E-state index in [0.29, 0.717) is 0 Å². The van der Waals surface area contributed by atoms with Gasteiger partial charge in [0.15, 0.2) is 0 Å². The molecule has 0 aliphatic rings. The Balaban J connectivity index is -0.000000316. The number of unbranched alkanes of at least 4 members (excludes halogenated alkanes) is 56. The molecule has 0 aromatic rings. The van der Waals surface area contributed by atoms with E-state index in [1.165, 1.54) is 334 Å². The van der Waals surface area contributed by atoms with Crippen molar-refractivity contribution in [2.45, 2.75) is 439 Å². The largest absolute Gasteiger partial charge is 4.00 e. The number of carboxylic acids is 4. The van der Waals surface area contributed by atoms with E-state index in [4.69, 9.17) is 0 Å². The summed E-state index contributed by atoms with van der Waals surface area (Å²) in [5.74, 6) is -3.61. The van der Waals surface area contributed by atoms with Crippen LogP contribution in [0, 0.1) is 0 Å². The predicted octanol–water partition coefficient (Wildman–Crippen LogP) is 20.0. The van der Waals surface area contributed by atoms with Gasteiger partial charge in [-0.15, -0.1) is 0 Å². The number of carboxylic acid groups (broad SMARTS) is 4. The van der Waals surface area contributed by atoms with Gasteiger partial charge in [-0.2, -0.15) is 0 Å².